The van der Waals surface area contributed by atoms with Gasteiger partial charge in [0.2, 0.25) is 0 Å². The van der Waals surface area contributed by atoms with Crippen molar-refractivity contribution in [1.29, 1.82) is 0 Å². The quantitative estimate of drug-likeness (QED) is 0.297. The van der Waals surface area contributed by atoms with Crippen molar-refractivity contribution in [3.05, 3.63) is 46.0 Å². The maximum absolute atomic E-state index is 12.4. The van der Waals surface area contributed by atoms with E-state index in [-0.39, 0.29) is 35.5 Å². The molecule has 0 spiro atoms. The van der Waals surface area contributed by atoms with E-state index in [1.807, 2.05) is 12.2 Å². The van der Waals surface area contributed by atoms with Crippen LogP contribution in [0.3, 0.4) is 0 Å². The molecule has 4 rings (SSSR count). The summed E-state index contributed by atoms with van der Waals surface area (Å²) in [4.78, 5) is 35.0. The van der Waals surface area contributed by atoms with Crippen LogP contribution in [0.1, 0.15) is 12.0 Å². The van der Waals surface area contributed by atoms with E-state index in [1.54, 1.807) is 0 Å². The molecule has 2 bridgehead atoms. The largest absolute Gasteiger partial charge is 0.502 e. The molecule has 1 saturated carbocycles. The third-order valence-electron chi connectivity index (χ3n) is 4.97. The number of nitro groups is 1. The first-order chi connectivity index (χ1) is 11.5. The third kappa shape index (κ3) is 1.96. The van der Waals surface area contributed by atoms with Crippen LogP contribution in [-0.2, 0) is 9.59 Å². The highest BCUT2D eigenvalue weighted by molar-refractivity contribution is 6.06. The predicted octanol–water partition coefficient (Wildman–Crippen LogP) is 1.44. The van der Waals surface area contributed by atoms with Crippen LogP contribution >= 0.6 is 0 Å². The molecule has 2 aliphatic carbocycles. The lowest BCUT2D eigenvalue weighted by Crippen LogP contribution is -2.28. The number of hydrogen-bond acceptors (Lipinski definition) is 6. The van der Waals surface area contributed by atoms with Gasteiger partial charge in [-0.05, 0) is 30.4 Å². The number of imide groups is 1. The molecule has 122 valence electrons. The summed E-state index contributed by atoms with van der Waals surface area (Å²) < 4.78 is 0. The van der Waals surface area contributed by atoms with E-state index < -0.39 is 16.4 Å². The Kier molecular flexibility index (Phi) is 3.02. The molecule has 4 atom stereocenters. The highest BCUT2D eigenvalue weighted by atomic mass is 16.6. The van der Waals surface area contributed by atoms with Crippen molar-refractivity contribution in [2.75, 3.05) is 0 Å². The molecular weight excluding hydrogens is 314 g/mol. The minimum atomic E-state index is -0.716. The number of nitro benzene ring substituents is 1. The number of carbonyl (C=O) groups is 2. The van der Waals surface area contributed by atoms with Gasteiger partial charge in [-0.15, -0.1) is 0 Å². The Morgan fingerprint density at radius 3 is 2.42 bits per heavy atom. The molecule has 0 aromatic heterocycles. The van der Waals surface area contributed by atoms with Gasteiger partial charge in [0.1, 0.15) is 0 Å². The van der Waals surface area contributed by atoms with Gasteiger partial charge in [-0.1, -0.05) is 12.2 Å². The van der Waals surface area contributed by atoms with Crippen molar-refractivity contribution in [1.82, 2.24) is 5.01 Å². The van der Waals surface area contributed by atoms with Crippen LogP contribution in [0.2, 0.25) is 0 Å². The number of nitrogens with zero attached hydrogens (tertiary/aromatic N) is 3. The SMILES string of the molecule is O=C1C2C3C=CC(C3)C2C(=O)N1N=Cc1ccc(O)c([N+](=O)[O-])c1. The number of rotatable bonds is 3. The van der Waals surface area contributed by atoms with Gasteiger partial charge in [-0.2, -0.15) is 10.1 Å². The molecule has 4 unspecified atom stereocenters. The van der Waals surface area contributed by atoms with Gasteiger partial charge in [0.05, 0.1) is 23.0 Å². The molecule has 0 radical (unpaired) electrons. The maximum Gasteiger partial charge on any atom is 0.311 e. The number of allylic oxidation sites excluding steroid dienone is 2. The zero-order valence-electron chi connectivity index (χ0n) is 12.4. The van der Waals surface area contributed by atoms with Gasteiger partial charge < -0.3 is 5.11 Å². The normalized spacial score (nSPS) is 30.6. The molecule has 2 amide bonds. The molecule has 8 heteroatoms. The summed E-state index contributed by atoms with van der Waals surface area (Å²) in [5.41, 5.74) is -0.143. The van der Waals surface area contributed by atoms with Gasteiger partial charge in [0.15, 0.2) is 5.75 Å². The molecule has 3 aliphatic rings. The van der Waals surface area contributed by atoms with Crippen LogP contribution < -0.4 is 0 Å². The lowest BCUT2D eigenvalue weighted by molar-refractivity contribution is -0.385. The molecule has 2 fully saturated rings. The van der Waals surface area contributed by atoms with Crippen molar-refractivity contribution in [2.45, 2.75) is 6.42 Å². The van der Waals surface area contributed by atoms with Crippen molar-refractivity contribution >= 4 is 23.7 Å². The van der Waals surface area contributed by atoms with Crippen LogP contribution in [-0.4, -0.2) is 33.1 Å². The van der Waals surface area contributed by atoms with E-state index in [9.17, 15) is 24.8 Å². The number of carbonyl (C=O) groups excluding carboxylic acids is 2. The molecule has 1 aliphatic heterocycles. The highest BCUT2D eigenvalue weighted by Gasteiger charge is 2.59. The first-order valence-corrected chi connectivity index (χ1v) is 7.55. The Bertz CT molecular complexity index is 801. The smallest absolute Gasteiger partial charge is 0.311 e. The number of hydrazone groups is 1. The average Bonchev–Trinajstić information content (AvgIpc) is 3.22. The van der Waals surface area contributed by atoms with Crippen molar-refractivity contribution < 1.29 is 19.6 Å². The predicted molar refractivity (Wildman–Crippen MR) is 81.9 cm³/mol. The molecular formula is C16H13N3O5. The van der Waals surface area contributed by atoms with Gasteiger partial charge in [-0.3, -0.25) is 19.7 Å². The second kappa shape index (κ2) is 4.98. The number of aromatic hydroxyl groups is 1. The molecule has 1 aromatic carbocycles. The highest BCUT2D eigenvalue weighted by Crippen LogP contribution is 2.52. The van der Waals surface area contributed by atoms with Gasteiger partial charge in [0, 0.05) is 11.6 Å². The summed E-state index contributed by atoms with van der Waals surface area (Å²) in [6, 6.07) is 3.73. The Hall–Kier alpha value is -3.03. The van der Waals surface area contributed by atoms with Crippen molar-refractivity contribution in [2.24, 2.45) is 28.8 Å². The number of phenolic OH excluding ortho intramolecular Hbond substituents is 1. The standard InChI is InChI=1S/C16H13N3O5/c20-12-4-1-8(5-11(12)19(23)24)7-17-18-15(21)13-9-2-3-10(6-9)14(13)16(18)22/h1-5,7,9-10,13-14,20H,6H2. The van der Waals surface area contributed by atoms with E-state index in [4.69, 9.17) is 0 Å². The number of amides is 2. The molecule has 1 N–H and O–H groups in total. The van der Waals surface area contributed by atoms with Gasteiger partial charge in [0.25, 0.3) is 11.8 Å². The number of fused-ring (bicyclic) bond motifs is 5. The van der Waals surface area contributed by atoms with Crippen LogP contribution in [0.15, 0.2) is 35.5 Å². The Morgan fingerprint density at radius 2 is 1.83 bits per heavy atom. The van der Waals surface area contributed by atoms with E-state index >= 15 is 0 Å². The second-order valence-electron chi connectivity index (χ2n) is 6.24. The molecule has 1 heterocycles. The van der Waals surface area contributed by atoms with Crippen molar-refractivity contribution in [3.8, 4) is 5.75 Å². The lowest BCUT2D eigenvalue weighted by atomic mass is 9.85. The molecule has 24 heavy (non-hydrogen) atoms. The fourth-order valence-electron chi connectivity index (χ4n) is 3.89. The fourth-order valence-corrected chi connectivity index (χ4v) is 3.89. The second-order valence-corrected chi connectivity index (χ2v) is 6.24. The number of benzene rings is 1. The monoisotopic (exact) mass is 327 g/mol. The summed E-state index contributed by atoms with van der Waals surface area (Å²) in [6.07, 6.45) is 6.05. The first kappa shape index (κ1) is 14.6. The minimum absolute atomic E-state index is 0.103. The average molecular weight is 327 g/mol. The fraction of sp³-hybridized carbons (Fsp3) is 0.312. The zero-order valence-corrected chi connectivity index (χ0v) is 12.4. The van der Waals surface area contributed by atoms with E-state index in [1.165, 1.54) is 18.3 Å². The summed E-state index contributed by atoms with van der Waals surface area (Å²) in [5.74, 6) is -1.55. The van der Waals surface area contributed by atoms with Crippen molar-refractivity contribution in [3.63, 3.8) is 0 Å². The summed E-state index contributed by atoms with van der Waals surface area (Å²) in [5, 5.41) is 25.1. The third-order valence-corrected chi connectivity index (χ3v) is 4.97. The Balaban J connectivity index is 1.59. The lowest BCUT2D eigenvalue weighted by Gasteiger charge is -2.13. The first-order valence-electron chi connectivity index (χ1n) is 7.55. The molecule has 8 nitrogen and oxygen atoms in total. The maximum atomic E-state index is 12.4. The summed E-state index contributed by atoms with van der Waals surface area (Å²) in [6.45, 7) is 0. The van der Waals surface area contributed by atoms with Crippen LogP contribution in [0.5, 0.6) is 5.75 Å². The Morgan fingerprint density at radius 1 is 1.21 bits per heavy atom. The van der Waals surface area contributed by atoms with Gasteiger partial charge in [-0.25, -0.2) is 0 Å². The van der Waals surface area contributed by atoms with Crippen LogP contribution in [0.25, 0.3) is 0 Å². The van der Waals surface area contributed by atoms with E-state index in [2.05, 4.69) is 5.10 Å². The number of phenols is 1. The van der Waals surface area contributed by atoms with Gasteiger partial charge >= 0.3 is 5.69 Å². The number of hydrogen-bond donors (Lipinski definition) is 1. The van der Waals surface area contributed by atoms with Crippen LogP contribution in [0, 0.1) is 33.8 Å². The van der Waals surface area contributed by atoms with E-state index in [0.717, 1.165) is 17.5 Å². The summed E-state index contributed by atoms with van der Waals surface area (Å²) in [7, 11) is 0. The van der Waals surface area contributed by atoms with E-state index in [0.29, 0.717) is 5.56 Å². The summed E-state index contributed by atoms with van der Waals surface area (Å²) >= 11 is 0. The minimum Gasteiger partial charge on any atom is -0.502 e. The zero-order chi connectivity index (χ0) is 17.0. The topological polar surface area (TPSA) is 113 Å². The molecule has 1 saturated heterocycles. The van der Waals surface area contributed by atoms with Crippen LogP contribution in [0.4, 0.5) is 5.69 Å². The Labute approximate surface area is 136 Å². The molecule has 1 aromatic rings.